The second-order valence-electron chi connectivity index (χ2n) is 6.95. The number of halogens is 1. The van der Waals surface area contributed by atoms with Crippen LogP contribution in [0.1, 0.15) is 23.0 Å². The minimum atomic E-state index is -1.20. The van der Waals surface area contributed by atoms with Gasteiger partial charge in [-0.1, -0.05) is 25.1 Å². The monoisotopic (exact) mass is 411 g/mol. The van der Waals surface area contributed by atoms with Crippen molar-refractivity contribution in [3.05, 3.63) is 77.4 Å². The summed E-state index contributed by atoms with van der Waals surface area (Å²) < 4.78 is 19.4. The number of aliphatic hydroxyl groups is 1. The number of hydrogen-bond acceptors (Lipinski definition) is 5. The van der Waals surface area contributed by atoms with Crippen molar-refractivity contribution in [3.63, 3.8) is 0 Å². The minimum Gasteiger partial charge on any atom is -0.457 e. The van der Waals surface area contributed by atoms with Crippen LogP contribution in [0, 0.1) is 5.92 Å². The van der Waals surface area contributed by atoms with Crippen LogP contribution >= 0.6 is 0 Å². The summed E-state index contributed by atoms with van der Waals surface area (Å²) in [6.45, 7) is 1.98. The van der Waals surface area contributed by atoms with E-state index in [-0.39, 0.29) is 11.3 Å². The number of pyridine rings is 1. The molecule has 0 saturated heterocycles. The van der Waals surface area contributed by atoms with Gasteiger partial charge in [-0.2, -0.15) is 0 Å². The van der Waals surface area contributed by atoms with Crippen molar-refractivity contribution in [2.45, 2.75) is 19.4 Å². The molecule has 3 rings (SSSR count). The summed E-state index contributed by atoms with van der Waals surface area (Å²) in [5.41, 5.74) is 6.45. The number of nitrogens with two attached hydrogens (primary N) is 1. The lowest BCUT2D eigenvalue weighted by Crippen LogP contribution is -2.30. The van der Waals surface area contributed by atoms with E-state index in [1.807, 2.05) is 18.2 Å². The molecule has 2 atom stereocenters. The van der Waals surface area contributed by atoms with Crippen LogP contribution in [-0.2, 0) is 11.2 Å². The number of rotatable bonds is 7. The number of carbonyl (C=O) groups excluding carboxylic acids is 2. The summed E-state index contributed by atoms with van der Waals surface area (Å²) in [6, 6.07) is 10.3. The first-order valence-corrected chi connectivity index (χ1v) is 9.41. The second-order valence-corrected chi connectivity index (χ2v) is 6.95. The fourth-order valence-corrected chi connectivity index (χ4v) is 2.98. The Morgan fingerprint density at radius 3 is 2.77 bits per heavy atom. The maximum absolute atomic E-state index is 13.7. The van der Waals surface area contributed by atoms with Gasteiger partial charge in [0, 0.05) is 30.3 Å². The lowest BCUT2D eigenvalue weighted by Gasteiger charge is -2.19. The standard InChI is InChI=1S/C22H22FN3O4/c1-13-9-15(11-18(23)20(13)27)22(29)26-7-5-14-3-2-4-16(10-14)30-17-6-8-25-19(12-17)21(24)28/h2-4,6,8-13,20,27H,5,7H2,1H3,(H2,24,28)(H,26,29). The molecule has 7 nitrogen and oxygen atoms in total. The van der Waals surface area contributed by atoms with E-state index in [9.17, 15) is 19.1 Å². The molecular weight excluding hydrogens is 389 g/mol. The van der Waals surface area contributed by atoms with Gasteiger partial charge in [-0.05, 0) is 36.3 Å². The molecule has 30 heavy (non-hydrogen) atoms. The van der Waals surface area contributed by atoms with E-state index in [4.69, 9.17) is 10.5 Å². The average molecular weight is 411 g/mol. The maximum atomic E-state index is 13.7. The van der Waals surface area contributed by atoms with E-state index >= 15 is 0 Å². The number of ether oxygens (including phenoxy) is 1. The van der Waals surface area contributed by atoms with Crippen LogP contribution in [-0.4, -0.2) is 34.6 Å². The number of hydrogen-bond donors (Lipinski definition) is 3. The number of primary amides is 1. The molecule has 0 saturated carbocycles. The van der Waals surface area contributed by atoms with Crippen LogP contribution in [0.5, 0.6) is 11.5 Å². The zero-order valence-electron chi connectivity index (χ0n) is 16.3. The molecule has 1 heterocycles. The first-order chi connectivity index (χ1) is 14.3. The van der Waals surface area contributed by atoms with E-state index in [0.29, 0.717) is 24.5 Å². The molecule has 1 aliphatic rings. The molecule has 0 fully saturated rings. The summed E-state index contributed by atoms with van der Waals surface area (Å²) in [5.74, 6) is -1.23. The summed E-state index contributed by atoms with van der Waals surface area (Å²) in [4.78, 5) is 27.3. The highest BCUT2D eigenvalue weighted by Gasteiger charge is 2.24. The molecule has 8 heteroatoms. The van der Waals surface area contributed by atoms with Gasteiger partial charge in [-0.25, -0.2) is 4.39 Å². The molecule has 2 amide bonds. The van der Waals surface area contributed by atoms with Crippen LogP contribution in [0.3, 0.4) is 0 Å². The van der Waals surface area contributed by atoms with Crippen molar-refractivity contribution < 1.29 is 23.8 Å². The van der Waals surface area contributed by atoms with E-state index in [2.05, 4.69) is 10.3 Å². The highest BCUT2D eigenvalue weighted by Crippen LogP contribution is 2.24. The minimum absolute atomic E-state index is 0.107. The molecule has 1 aromatic heterocycles. The third-order valence-corrected chi connectivity index (χ3v) is 4.60. The summed E-state index contributed by atoms with van der Waals surface area (Å²) >= 11 is 0. The van der Waals surface area contributed by atoms with Gasteiger partial charge < -0.3 is 20.9 Å². The molecule has 0 bridgehead atoms. The molecule has 156 valence electrons. The average Bonchev–Trinajstić information content (AvgIpc) is 2.72. The van der Waals surface area contributed by atoms with Crippen LogP contribution in [0.2, 0.25) is 0 Å². The number of benzene rings is 1. The topological polar surface area (TPSA) is 115 Å². The van der Waals surface area contributed by atoms with E-state index < -0.39 is 29.7 Å². The van der Waals surface area contributed by atoms with Crippen LogP contribution in [0.15, 0.2) is 66.1 Å². The van der Waals surface area contributed by atoms with Crippen molar-refractivity contribution in [2.75, 3.05) is 6.54 Å². The number of carbonyl (C=O) groups is 2. The Hall–Kier alpha value is -3.52. The smallest absolute Gasteiger partial charge is 0.267 e. The normalized spacial score (nSPS) is 18.2. The van der Waals surface area contributed by atoms with Gasteiger partial charge in [0.25, 0.3) is 11.8 Å². The lowest BCUT2D eigenvalue weighted by atomic mass is 9.94. The number of nitrogens with zero attached hydrogens (tertiary/aromatic N) is 1. The first-order valence-electron chi connectivity index (χ1n) is 9.41. The van der Waals surface area contributed by atoms with E-state index in [0.717, 1.165) is 11.6 Å². The fourth-order valence-electron chi connectivity index (χ4n) is 2.98. The number of aromatic nitrogens is 1. The van der Waals surface area contributed by atoms with Gasteiger partial charge in [-0.3, -0.25) is 14.6 Å². The Balaban J connectivity index is 1.57. The van der Waals surface area contributed by atoms with Gasteiger partial charge in [-0.15, -0.1) is 0 Å². The summed E-state index contributed by atoms with van der Waals surface area (Å²) in [7, 11) is 0. The number of amides is 2. The van der Waals surface area contributed by atoms with Crippen molar-refractivity contribution in [2.24, 2.45) is 11.7 Å². The van der Waals surface area contributed by atoms with Crippen molar-refractivity contribution in [1.82, 2.24) is 10.3 Å². The Labute approximate surface area is 173 Å². The Morgan fingerprint density at radius 1 is 1.27 bits per heavy atom. The largest absolute Gasteiger partial charge is 0.457 e. The number of nitrogens with one attached hydrogen (secondary N) is 1. The van der Waals surface area contributed by atoms with Crippen LogP contribution < -0.4 is 15.8 Å². The molecule has 0 radical (unpaired) electrons. The molecule has 1 aromatic carbocycles. The summed E-state index contributed by atoms with van der Waals surface area (Å²) in [6.07, 6.45) is 3.37. The number of aliphatic hydroxyl groups excluding tert-OH is 1. The second kappa shape index (κ2) is 9.32. The van der Waals surface area contributed by atoms with Crippen molar-refractivity contribution in [3.8, 4) is 11.5 Å². The fraction of sp³-hybridized carbons (Fsp3) is 0.227. The quantitative estimate of drug-likeness (QED) is 0.647. The molecule has 2 unspecified atom stereocenters. The van der Waals surface area contributed by atoms with Crippen LogP contribution in [0.25, 0.3) is 0 Å². The molecule has 0 aliphatic heterocycles. The Kier molecular flexibility index (Phi) is 6.58. The Morgan fingerprint density at radius 2 is 2.03 bits per heavy atom. The van der Waals surface area contributed by atoms with E-state index in [1.54, 1.807) is 25.1 Å². The Bertz CT molecular complexity index is 1020. The SMILES string of the molecule is CC1C=C(C(=O)NCCc2cccc(Oc3ccnc(C(N)=O)c3)c2)C=C(F)C1O. The third-order valence-electron chi connectivity index (χ3n) is 4.60. The third kappa shape index (κ3) is 5.30. The van der Waals surface area contributed by atoms with Gasteiger partial charge in [0.1, 0.15) is 29.1 Å². The van der Waals surface area contributed by atoms with Crippen LogP contribution in [0.4, 0.5) is 4.39 Å². The predicted molar refractivity (Wildman–Crippen MR) is 108 cm³/mol. The zero-order valence-corrected chi connectivity index (χ0v) is 16.3. The summed E-state index contributed by atoms with van der Waals surface area (Å²) in [5, 5.41) is 12.3. The van der Waals surface area contributed by atoms with Gasteiger partial charge in [0.05, 0.1) is 0 Å². The lowest BCUT2D eigenvalue weighted by molar-refractivity contribution is -0.117. The van der Waals surface area contributed by atoms with Crippen molar-refractivity contribution in [1.29, 1.82) is 0 Å². The van der Waals surface area contributed by atoms with Gasteiger partial charge in [0.2, 0.25) is 0 Å². The van der Waals surface area contributed by atoms with E-state index in [1.165, 1.54) is 12.3 Å². The molecule has 0 spiro atoms. The highest BCUT2D eigenvalue weighted by atomic mass is 19.1. The molecule has 1 aliphatic carbocycles. The molecule has 2 aromatic rings. The molecule has 4 N–H and O–H groups in total. The molecular formula is C22H22FN3O4. The zero-order chi connectivity index (χ0) is 21.7. The maximum Gasteiger partial charge on any atom is 0.267 e. The highest BCUT2D eigenvalue weighted by molar-refractivity contribution is 5.96. The first kappa shape index (κ1) is 21.2. The van der Waals surface area contributed by atoms with Gasteiger partial charge in [0.15, 0.2) is 0 Å². The van der Waals surface area contributed by atoms with Gasteiger partial charge >= 0.3 is 0 Å². The predicted octanol–water partition coefficient (Wildman–Crippen LogP) is 2.42. The van der Waals surface area contributed by atoms with Crippen molar-refractivity contribution >= 4 is 11.8 Å².